The van der Waals surface area contributed by atoms with Crippen molar-refractivity contribution < 1.29 is 29.0 Å². The first-order valence-corrected chi connectivity index (χ1v) is 20.4. The number of aliphatic carboxylic acids is 1. The van der Waals surface area contributed by atoms with E-state index in [9.17, 15) is 24.3 Å². The van der Waals surface area contributed by atoms with Gasteiger partial charge in [0.2, 0.25) is 11.8 Å². The molecule has 3 aromatic carbocycles. The van der Waals surface area contributed by atoms with Crippen LogP contribution in [0.2, 0.25) is 0 Å². The van der Waals surface area contributed by atoms with Crippen LogP contribution in [0.1, 0.15) is 52.7 Å². The number of allylic oxidation sites excluding steroid dienone is 6. The van der Waals surface area contributed by atoms with E-state index in [4.69, 9.17) is 4.74 Å². The number of anilines is 2. The van der Waals surface area contributed by atoms with Crippen LogP contribution in [0, 0.1) is 19.8 Å². The number of hydrogen-bond donors (Lipinski definition) is 4. The number of nitrogens with zero attached hydrogens (tertiary/aromatic N) is 4. The molecule has 0 fully saturated rings. The summed E-state index contributed by atoms with van der Waals surface area (Å²) < 4.78 is 6.01. The highest BCUT2D eigenvalue weighted by molar-refractivity contribution is 5.94. The van der Waals surface area contributed by atoms with Gasteiger partial charge in [0.1, 0.15) is 24.2 Å². The van der Waals surface area contributed by atoms with Crippen molar-refractivity contribution >= 4 is 41.4 Å². The molecule has 4 N–H and O–H groups in total. The number of rotatable bonds is 22. The number of aryl methyl sites for hydroxylation is 1. The van der Waals surface area contributed by atoms with Gasteiger partial charge >= 0.3 is 5.97 Å². The quantitative estimate of drug-likeness (QED) is 0.0291. The van der Waals surface area contributed by atoms with E-state index in [-0.39, 0.29) is 31.3 Å². The highest BCUT2D eigenvalue weighted by Crippen LogP contribution is 2.26. The molecule has 4 aromatic rings. The van der Waals surface area contributed by atoms with Crippen molar-refractivity contribution in [1.82, 2.24) is 20.5 Å². The summed E-state index contributed by atoms with van der Waals surface area (Å²) in [6.07, 6.45) is 23.7. The number of hydrogen-bond acceptors (Lipinski definition) is 9. The molecule has 5 rings (SSSR count). The van der Waals surface area contributed by atoms with Crippen molar-refractivity contribution in [2.24, 2.45) is 5.10 Å². The van der Waals surface area contributed by atoms with Gasteiger partial charge in [0, 0.05) is 32.0 Å². The summed E-state index contributed by atoms with van der Waals surface area (Å²) in [5, 5.41) is 19.7. The molecule has 1 aliphatic carbocycles. The molecule has 1 aliphatic rings. The first-order valence-electron chi connectivity index (χ1n) is 20.4. The average Bonchev–Trinajstić information content (AvgIpc) is 3.57. The highest BCUT2D eigenvalue weighted by atomic mass is 16.5. The summed E-state index contributed by atoms with van der Waals surface area (Å²) in [5.41, 5.74) is 7.73. The molecule has 1 aromatic heterocycles. The topological polar surface area (TPSA) is 166 Å². The van der Waals surface area contributed by atoms with Crippen LogP contribution in [-0.2, 0) is 27.4 Å². The number of carbonyl (C=O) groups is 4. The SMILES string of the molecule is C#C.Cc1cc(OCc2ccccc2)ccc1N(CC(=O)NC(CCCCNC(=O)c1ccc(NN=CC2=CC=CCC=C2)nc1)C(=O)O)CC(=O)N(C)CCc1ccccc1. The minimum absolute atomic E-state index is 0.0990. The van der Waals surface area contributed by atoms with Crippen LogP contribution in [-0.4, -0.2) is 84.2 Å². The smallest absolute Gasteiger partial charge is 0.326 e. The van der Waals surface area contributed by atoms with Gasteiger partial charge in [-0.2, -0.15) is 5.10 Å². The number of carbonyl (C=O) groups excluding carboxylic acids is 3. The van der Waals surface area contributed by atoms with Crippen LogP contribution in [0.15, 0.2) is 138 Å². The summed E-state index contributed by atoms with van der Waals surface area (Å²) in [5.74, 6) is -1.09. The lowest BCUT2D eigenvalue weighted by Gasteiger charge is -2.28. The third kappa shape index (κ3) is 16.3. The maximum Gasteiger partial charge on any atom is 0.326 e. The predicted molar refractivity (Wildman–Crippen MR) is 245 cm³/mol. The van der Waals surface area contributed by atoms with Gasteiger partial charge in [-0.3, -0.25) is 19.8 Å². The van der Waals surface area contributed by atoms with E-state index in [2.05, 4.69) is 39.0 Å². The Morgan fingerprint density at radius 3 is 2.37 bits per heavy atom. The molecule has 1 unspecified atom stereocenters. The summed E-state index contributed by atoms with van der Waals surface area (Å²) in [6, 6.07) is 27.3. The second kappa shape index (κ2) is 25.9. The molecule has 0 saturated carbocycles. The Balaban J connectivity index is 0.00000416. The maximum atomic E-state index is 13.5. The Kier molecular flexibility index (Phi) is 19.7. The van der Waals surface area contributed by atoms with E-state index in [0.29, 0.717) is 61.8 Å². The van der Waals surface area contributed by atoms with Crippen LogP contribution < -0.4 is 25.7 Å². The molecule has 13 heteroatoms. The molecular formula is C49H55N7O6. The summed E-state index contributed by atoms with van der Waals surface area (Å²) in [7, 11) is 1.73. The lowest BCUT2D eigenvalue weighted by atomic mass is 10.1. The zero-order valence-electron chi connectivity index (χ0n) is 35.3. The number of amides is 3. The normalized spacial score (nSPS) is 12.2. The molecule has 1 atom stereocenters. The van der Waals surface area contributed by atoms with Gasteiger partial charge in [0.05, 0.1) is 24.9 Å². The molecule has 0 aliphatic heterocycles. The van der Waals surface area contributed by atoms with E-state index in [1.165, 1.54) is 6.20 Å². The minimum Gasteiger partial charge on any atom is -0.489 e. The number of benzene rings is 3. The maximum absolute atomic E-state index is 13.5. The Morgan fingerprint density at radius 1 is 0.935 bits per heavy atom. The molecular weight excluding hydrogens is 783 g/mol. The van der Waals surface area contributed by atoms with Crippen LogP contribution >= 0.6 is 0 Å². The monoisotopic (exact) mass is 837 g/mol. The first kappa shape index (κ1) is 47.2. The van der Waals surface area contributed by atoms with Crippen molar-refractivity contribution in [3.05, 3.63) is 155 Å². The molecule has 1 heterocycles. The van der Waals surface area contributed by atoms with E-state index >= 15 is 0 Å². The molecule has 0 radical (unpaired) electrons. The summed E-state index contributed by atoms with van der Waals surface area (Å²) in [4.78, 5) is 59.6. The van der Waals surface area contributed by atoms with Crippen LogP contribution in [0.3, 0.4) is 0 Å². The number of unbranched alkanes of at least 4 members (excludes halogenated alkanes) is 1. The third-order valence-corrected chi connectivity index (χ3v) is 9.69. The molecule has 3 amide bonds. The van der Waals surface area contributed by atoms with Crippen molar-refractivity contribution in [2.45, 2.75) is 51.7 Å². The number of carboxylic acids is 1. The number of aromatic nitrogens is 1. The van der Waals surface area contributed by atoms with Crippen LogP contribution in [0.4, 0.5) is 11.5 Å². The zero-order valence-corrected chi connectivity index (χ0v) is 35.3. The number of likely N-dealkylation sites (N-methyl/N-ethyl adjacent to an activating group) is 1. The van der Waals surface area contributed by atoms with E-state index < -0.39 is 17.9 Å². The van der Waals surface area contributed by atoms with Crippen molar-refractivity contribution in [1.29, 1.82) is 0 Å². The number of terminal acetylenes is 1. The van der Waals surface area contributed by atoms with Gasteiger partial charge in [0.15, 0.2) is 0 Å². The first-order chi connectivity index (χ1) is 30.1. The molecule has 0 spiro atoms. The minimum atomic E-state index is -1.17. The van der Waals surface area contributed by atoms with Gasteiger partial charge < -0.3 is 30.3 Å². The fourth-order valence-electron chi connectivity index (χ4n) is 6.29. The van der Waals surface area contributed by atoms with Crippen LogP contribution in [0.25, 0.3) is 0 Å². The van der Waals surface area contributed by atoms with Gasteiger partial charge in [-0.05, 0) is 91.6 Å². The van der Waals surface area contributed by atoms with E-state index in [0.717, 1.165) is 28.7 Å². The Morgan fingerprint density at radius 2 is 1.68 bits per heavy atom. The van der Waals surface area contributed by atoms with Crippen molar-refractivity contribution in [3.63, 3.8) is 0 Å². The predicted octanol–water partition coefficient (Wildman–Crippen LogP) is 6.74. The molecule has 13 nitrogen and oxygen atoms in total. The molecule has 0 saturated heterocycles. The number of carboxylic acid groups (broad SMARTS) is 1. The van der Waals surface area contributed by atoms with Crippen LogP contribution in [0.5, 0.6) is 5.75 Å². The van der Waals surface area contributed by atoms with Gasteiger partial charge in [-0.15, -0.1) is 12.8 Å². The van der Waals surface area contributed by atoms with E-state index in [1.54, 1.807) is 41.3 Å². The number of ether oxygens (including phenoxy) is 1. The number of pyridine rings is 1. The van der Waals surface area contributed by atoms with Gasteiger partial charge in [-0.25, -0.2) is 9.78 Å². The fraction of sp³-hybridized carbons (Fsp3) is 0.265. The number of hydrazone groups is 1. The zero-order chi connectivity index (χ0) is 44.5. The Bertz CT molecular complexity index is 2200. The average molecular weight is 838 g/mol. The van der Waals surface area contributed by atoms with Gasteiger partial charge in [-0.1, -0.05) is 91.0 Å². The standard InChI is InChI=1S/C47H53N7O6.C2H2/c1-35-29-40(60-34-38-19-11-6-12-20-38)23-24-42(35)54(33-45(56)53(2)28-26-36-15-9-5-10-16-36)32-44(55)51-41(47(58)59)21-13-14-27-48-46(57)39-22-25-43(49-31-39)52-50-30-37-17-7-3-4-8-18-37;1-2/h3,5-12,15-20,22-25,29-31,41H,4,13-14,21,26-28,32-34H2,1-2H3,(H,48,57)(H,49,52)(H,51,55)(H,58,59);1-2H. The second-order valence-electron chi connectivity index (χ2n) is 14.4. The molecule has 322 valence electrons. The Labute approximate surface area is 364 Å². The Hall–Kier alpha value is -7.46. The summed E-state index contributed by atoms with van der Waals surface area (Å²) >= 11 is 0. The van der Waals surface area contributed by atoms with E-state index in [1.807, 2.05) is 110 Å². The third-order valence-electron chi connectivity index (χ3n) is 9.69. The van der Waals surface area contributed by atoms with Crippen molar-refractivity contribution in [3.8, 4) is 18.6 Å². The second-order valence-corrected chi connectivity index (χ2v) is 14.4. The molecule has 62 heavy (non-hydrogen) atoms. The highest BCUT2D eigenvalue weighted by Gasteiger charge is 2.24. The van der Waals surface area contributed by atoms with Crippen molar-refractivity contribution in [2.75, 3.05) is 43.6 Å². The number of nitrogens with one attached hydrogen (secondary N) is 3. The largest absolute Gasteiger partial charge is 0.489 e. The fourth-order valence-corrected chi connectivity index (χ4v) is 6.29. The lowest BCUT2D eigenvalue weighted by molar-refractivity contribution is -0.142. The molecule has 0 bridgehead atoms. The lowest BCUT2D eigenvalue weighted by Crippen LogP contribution is -2.48. The van der Waals surface area contributed by atoms with Gasteiger partial charge in [0.25, 0.3) is 5.91 Å². The summed E-state index contributed by atoms with van der Waals surface area (Å²) in [6.45, 7) is 2.71.